The Morgan fingerprint density at radius 2 is 2.03 bits per heavy atom. The summed E-state index contributed by atoms with van der Waals surface area (Å²) in [6, 6.07) is 12.0. The van der Waals surface area contributed by atoms with Crippen LogP contribution in [-0.4, -0.2) is 27.1 Å². The van der Waals surface area contributed by atoms with Crippen LogP contribution in [0.4, 0.5) is 4.39 Å². The molecule has 1 saturated heterocycles. The van der Waals surface area contributed by atoms with Crippen LogP contribution >= 0.6 is 0 Å². The number of carbonyl (C=O) groups excluding carboxylic acids is 1. The minimum atomic E-state index is -0.675. The predicted molar refractivity (Wildman–Crippen MR) is 112 cm³/mol. The molecule has 1 aromatic heterocycles. The molecular formula is C23H25FN4O2. The van der Waals surface area contributed by atoms with Crippen molar-refractivity contribution >= 4 is 5.91 Å². The van der Waals surface area contributed by atoms with Crippen LogP contribution in [0.3, 0.4) is 0 Å². The fourth-order valence-corrected chi connectivity index (χ4v) is 4.07. The quantitative estimate of drug-likeness (QED) is 0.667. The third kappa shape index (κ3) is 4.21. The highest BCUT2D eigenvalue weighted by Gasteiger charge is 2.28. The molecule has 2 N–H and O–H groups in total. The van der Waals surface area contributed by atoms with Gasteiger partial charge < -0.3 is 10.5 Å². The van der Waals surface area contributed by atoms with Gasteiger partial charge in [0.05, 0.1) is 5.69 Å². The zero-order valence-corrected chi connectivity index (χ0v) is 17.1. The molecule has 1 atom stereocenters. The Morgan fingerprint density at radius 3 is 2.67 bits per heavy atom. The number of nitrogens with zero attached hydrogens (tertiary/aromatic N) is 3. The number of ether oxygens (including phenoxy) is 1. The van der Waals surface area contributed by atoms with Crippen molar-refractivity contribution in [2.75, 3.05) is 6.54 Å². The highest BCUT2D eigenvalue weighted by molar-refractivity contribution is 5.92. The average molecular weight is 408 g/mol. The van der Waals surface area contributed by atoms with Gasteiger partial charge in [0.2, 0.25) is 5.91 Å². The Hall–Kier alpha value is -3.19. The smallest absolute Gasteiger partial charge is 0.248 e. The molecule has 1 aliphatic rings. The van der Waals surface area contributed by atoms with Gasteiger partial charge >= 0.3 is 0 Å². The topological polar surface area (TPSA) is 73.4 Å². The lowest BCUT2D eigenvalue weighted by Crippen LogP contribution is -2.23. The molecule has 1 amide bonds. The summed E-state index contributed by atoms with van der Waals surface area (Å²) < 4.78 is 21.6. The number of likely N-dealkylation sites (tertiary alicyclic amines) is 1. The standard InChI is InChI=1S/C23H25FN4O2/c1-15-19(14-27(2)26-15)21-4-3-11-28(21)13-16-5-8-18(9-6-16)30-22-10-7-17(23(25)29)12-20(22)24/h5-10,12,14,21H,3-4,11,13H2,1-2H3,(H2,25,29)/t21-/m1/s1. The van der Waals surface area contributed by atoms with E-state index in [1.165, 1.54) is 29.7 Å². The van der Waals surface area contributed by atoms with Gasteiger partial charge in [-0.05, 0) is 62.2 Å². The monoisotopic (exact) mass is 408 g/mol. The number of benzene rings is 2. The number of hydrogen-bond acceptors (Lipinski definition) is 4. The summed E-state index contributed by atoms with van der Waals surface area (Å²) in [7, 11) is 1.96. The van der Waals surface area contributed by atoms with Crippen molar-refractivity contribution < 1.29 is 13.9 Å². The molecule has 1 aliphatic heterocycles. The van der Waals surface area contributed by atoms with Crippen molar-refractivity contribution in [2.24, 2.45) is 12.8 Å². The number of nitrogens with two attached hydrogens (primary N) is 1. The van der Waals surface area contributed by atoms with E-state index in [1.54, 1.807) is 0 Å². The first kappa shape index (κ1) is 20.1. The molecule has 0 unspecified atom stereocenters. The first-order chi connectivity index (χ1) is 14.4. The molecule has 4 rings (SSSR count). The lowest BCUT2D eigenvalue weighted by atomic mass is 10.1. The molecule has 156 valence electrons. The molecule has 0 aliphatic carbocycles. The van der Waals surface area contributed by atoms with Crippen molar-refractivity contribution in [1.82, 2.24) is 14.7 Å². The van der Waals surface area contributed by atoms with Crippen LogP contribution in [0.5, 0.6) is 11.5 Å². The van der Waals surface area contributed by atoms with Crippen LogP contribution < -0.4 is 10.5 Å². The zero-order valence-electron chi connectivity index (χ0n) is 17.1. The fraction of sp³-hybridized carbons (Fsp3) is 0.304. The summed E-state index contributed by atoms with van der Waals surface area (Å²) in [5.74, 6) is -0.710. The van der Waals surface area contributed by atoms with Crippen LogP contribution in [0, 0.1) is 12.7 Å². The maximum absolute atomic E-state index is 14.1. The number of carbonyl (C=O) groups is 1. The van der Waals surface area contributed by atoms with Crippen molar-refractivity contribution in [1.29, 1.82) is 0 Å². The van der Waals surface area contributed by atoms with Crippen molar-refractivity contribution in [3.05, 3.63) is 76.9 Å². The number of hydrogen-bond donors (Lipinski definition) is 1. The van der Waals surface area contributed by atoms with Crippen LogP contribution in [-0.2, 0) is 13.6 Å². The Morgan fingerprint density at radius 1 is 1.27 bits per heavy atom. The largest absolute Gasteiger partial charge is 0.454 e. The zero-order chi connectivity index (χ0) is 21.3. The Labute approximate surface area is 175 Å². The summed E-state index contributed by atoms with van der Waals surface area (Å²) in [6.07, 6.45) is 4.42. The van der Waals surface area contributed by atoms with Gasteiger partial charge in [0, 0.05) is 37.0 Å². The van der Waals surface area contributed by atoms with Crippen molar-refractivity contribution in [2.45, 2.75) is 32.4 Å². The van der Waals surface area contributed by atoms with Crippen LogP contribution in [0.15, 0.2) is 48.7 Å². The van der Waals surface area contributed by atoms with E-state index in [-0.39, 0.29) is 11.3 Å². The highest BCUT2D eigenvalue weighted by atomic mass is 19.1. The lowest BCUT2D eigenvalue weighted by Gasteiger charge is -2.24. The summed E-state index contributed by atoms with van der Waals surface area (Å²) in [6.45, 7) is 3.95. The summed E-state index contributed by atoms with van der Waals surface area (Å²) in [5.41, 5.74) is 8.83. The Bertz CT molecular complexity index is 1060. The lowest BCUT2D eigenvalue weighted by molar-refractivity contribution is 0.1000. The molecule has 30 heavy (non-hydrogen) atoms. The number of aromatic nitrogens is 2. The second-order valence-electron chi connectivity index (χ2n) is 7.73. The van der Waals surface area contributed by atoms with Gasteiger partial charge in [0.15, 0.2) is 11.6 Å². The molecule has 0 radical (unpaired) electrons. The summed E-state index contributed by atoms with van der Waals surface area (Å²) >= 11 is 0. The van der Waals surface area contributed by atoms with Crippen LogP contribution in [0.1, 0.15) is 46.1 Å². The number of amides is 1. The average Bonchev–Trinajstić information content (AvgIpc) is 3.29. The van der Waals surface area contributed by atoms with Gasteiger partial charge in [-0.1, -0.05) is 12.1 Å². The van der Waals surface area contributed by atoms with Crippen LogP contribution in [0.2, 0.25) is 0 Å². The SMILES string of the molecule is Cc1nn(C)cc1[C@H]1CCCN1Cc1ccc(Oc2ccc(C(N)=O)cc2F)cc1. The van der Waals surface area contributed by atoms with Gasteiger partial charge in [-0.25, -0.2) is 4.39 Å². The van der Waals surface area contributed by atoms with E-state index in [1.807, 2.05) is 36.0 Å². The number of primary amides is 1. The van der Waals surface area contributed by atoms with E-state index in [4.69, 9.17) is 10.5 Å². The predicted octanol–water partition coefficient (Wildman–Crippen LogP) is 4.10. The fourth-order valence-electron chi connectivity index (χ4n) is 4.07. The first-order valence-electron chi connectivity index (χ1n) is 10.0. The molecule has 6 nitrogen and oxygen atoms in total. The molecular weight excluding hydrogens is 383 g/mol. The normalized spacial score (nSPS) is 16.7. The third-order valence-corrected chi connectivity index (χ3v) is 5.53. The van der Waals surface area contributed by atoms with E-state index < -0.39 is 11.7 Å². The highest BCUT2D eigenvalue weighted by Crippen LogP contribution is 2.34. The second kappa shape index (κ2) is 8.28. The minimum Gasteiger partial charge on any atom is -0.454 e. The molecule has 2 aromatic carbocycles. The van der Waals surface area contributed by atoms with E-state index in [0.29, 0.717) is 11.8 Å². The van der Waals surface area contributed by atoms with E-state index in [9.17, 15) is 9.18 Å². The molecule has 3 aromatic rings. The molecule has 1 fully saturated rings. The van der Waals surface area contributed by atoms with Crippen molar-refractivity contribution in [3.8, 4) is 11.5 Å². The number of aryl methyl sites for hydroxylation is 2. The molecule has 0 bridgehead atoms. The van der Waals surface area contributed by atoms with E-state index in [0.717, 1.165) is 31.3 Å². The Balaban J connectivity index is 1.44. The van der Waals surface area contributed by atoms with E-state index >= 15 is 0 Å². The van der Waals surface area contributed by atoms with Gasteiger partial charge in [-0.15, -0.1) is 0 Å². The van der Waals surface area contributed by atoms with Crippen LogP contribution in [0.25, 0.3) is 0 Å². The maximum atomic E-state index is 14.1. The molecule has 0 spiro atoms. The molecule has 7 heteroatoms. The Kier molecular flexibility index (Phi) is 5.55. The summed E-state index contributed by atoms with van der Waals surface area (Å²) in [4.78, 5) is 13.6. The van der Waals surface area contributed by atoms with Gasteiger partial charge in [-0.3, -0.25) is 14.4 Å². The molecule has 0 saturated carbocycles. The minimum absolute atomic E-state index is 0.0550. The second-order valence-corrected chi connectivity index (χ2v) is 7.73. The maximum Gasteiger partial charge on any atom is 0.248 e. The van der Waals surface area contributed by atoms with Crippen molar-refractivity contribution in [3.63, 3.8) is 0 Å². The number of rotatable bonds is 6. The third-order valence-electron chi connectivity index (χ3n) is 5.53. The number of halogens is 1. The van der Waals surface area contributed by atoms with Gasteiger partial charge in [-0.2, -0.15) is 5.10 Å². The summed E-state index contributed by atoms with van der Waals surface area (Å²) in [5, 5.41) is 4.49. The first-order valence-corrected chi connectivity index (χ1v) is 10.0. The van der Waals surface area contributed by atoms with Gasteiger partial charge in [0.1, 0.15) is 5.75 Å². The van der Waals surface area contributed by atoms with Gasteiger partial charge in [0.25, 0.3) is 0 Å². The molecule has 2 heterocycles. The van der Waals surface area contributed by atoms with E-state index in [2.05, 4.69) is 23.1 Å².